The van der Waals surface area contributed by atoms with Crippen molar-refractivity contribution < 1.29 is 19.0 Å². The number of likely N-dealkylation sites (tertiary alicyclic amines) is 1. The van der Waals surface area contributed by atoms with E-state index in [1.165, 1.54) is 6.33 Å². The van der Waals surface area contributed by atoms with Crippen molar-refractivity contribution in [2.45, 2.75) is 38.4 Å². The number of nitrogens with one attached hydrogen (secondary N) is 1. The van der Waals surface area contributed by atoms with E-state index < -0.39 is 0 Å². The van der Waals surface area contributed by atoms with Gasteiger partial charge in [0.15, 0.2) is 11.4 Å². The van der Waals surface area contributed by atoms with Crippen LogP contribution in [-0.4, -0.2) is 84.5 Å². The van der Waals surface area contributed by atoms with E-state index in [9.17, 15) is 4.79 Å². The number of fused-ring (bicyclic) bond motifs is 4. The third-order valence-electron chi connectivity index (χ3n) is 6.80. The Balaban J connectivity index is 1.22. The Kier molecular flexibility index (Phi) is 7.15. The van der Waals surface area contributed by atoms with E-state index in [0.717, 1.165) is 22.6 Å². The maximum Gasteiger partial charge on any atom is 0.274 e. The van der Waals surface area contributed by atoms with Gasteiger partial charge < -0.3 is 19.5 Å². The molecule has 0 radical (unpaired) electrons. The van der Waals surface area contributed by atoms with Gasteiger partial charge in [0.25, 0.3) is 5.91 Å². The molecule has 0 aliphatic carbocycles. The van der Waals surface area contributed by atoms with Crippen molar-refractivity contribution in [1.82, 2.24) is 45.0 Å². The normalized spacial score (nSPS) is 19.9. The molecule has 1 fully saturated rings. The van der Waals surface area contributed by atoms with Crippen LogP contribution in [0.25, 0.3) is 0 Å². The monoisotopic (exact) mass is 531 g/mol. The lowest BCUT2D eigenvalue weighted by Gasteiger charge is -2.20. The second kappa shape index (κ2) is 11.2. The molecule has 202 valence electrons. The molecule has 0 unspecified atom stereocenters. The van der Waals surface area contributed by atoms with Crippen LogP contribution in [0, 0.1) is 0 Å². The van der Waals surface area contributed by atoms with Gasteiger partial charge in [0.05, 0.1) is 45.1 Å². The summed E-state index contributed by atoms with van der Waals surface area (Å²) in [7, 11) is 1.66. The molecule has 4 aromatic rings. The number of methoxy groups -OCH3 is 1. The van der Waals surface area contributed by atoms with Gasteiger partial charge in [0, 0.05) is 31.4 Å². The summed E-state index contributed by atoms with van der Waals surface area (Å²) in [5.74, 6) is 0.929. The smallest absolute Gasteiger partial charge is 0.274 e. The number of amides is 1. The van der Waals surface area contributed by atoms with Gasteiger partial charge in [-0.3, -0.25) is 9.69 Å². The Morgan fingerprint density at radius 2 is 2.15 bits per heavy atom. The molecule has 13 nitrogen and oxygen atoms in total. The zero-order valence-electron chi connectivity index (χ0n) is 21.5. The molecule has 2 aliphatic heterocycles. The molecule has 2 aliphatic rings. The predicted octanol–water partition coefficient (Wildman–Crippen LogP) is 0.914. The average Bonchev–Trinajstić information content (AvgIpc) is 3.70. The summed E-state index contributed by atoms with van der Waals surface area (Å²) < 4.78 is 21.2. The quantitative estimate of drug-likeness (QED) is 0.396. The van der Waals surface area contributed by atoms with E-state index in [1.807, 2.05) is 12.3 Å². The van der Waals surface area contributed by atoms with E-state index in [2.05, 4.69) is 47.7 Å². The fourth-order valence-corrected chi connectivity index (χ4v) is 4.96. The first-order valence-electron chi connectivity index (χ1n) is 12.7. The van der Waals surface area contributed by atoms with Crippen LogP contribution in [0.3, 0.4) is 0 Å². The van der Waals surface area contributed by atoms with Gasteiger partial charge in [-0.05, 0) is 29.8 Å². The topological polar surface area (TPSA) is 134 Å². The van der Waals surface area contributed by atoms with Crippen molar-refractivity contribution in [2.75, 3.05) is 26.8 Å². The number of carbonyl (C=O) groups is 1. The molecule has 1 saturated heterocycles. The minimum Gasteiger partial charge on any atom is -0.496 e. The van der Waals surface area contributed by atoms with Gasteiger partial charge in [-0.15, -0.1) is 5.10 Å². The molecule has 13 heteroatoms. The fraction of sp³-hybridized carbons (Fsp3) is 0.385. The minimum atomic E-state index is -0.292. The van der Waals surface area contributed by atoms with Crippen molar-refractivity contribution in [2.24, 2.45) is 0 Å². The molecule has 0 spiro atoms. The Bertz CT molecular complexity index is 1420. The predicted molar refractivity (Wildman–Crippen MR) is 137 cm³/mol. The second-order valence-corrected chi connectivity index (χ2v) is 9.53. The molecular weight excluding hydrogens is 502 g/mol. The van der Waals surface area contributed by atoms with Crippen molar-refractivity contribution in [3.63, 3.8) is 0 Å². The maximum atomic E-state index is 13.3. The number of benzene rings is 1. The molecule has 1 aromatic carbocycles. The first-order chi connectivity index (χ1) is 19.1. The summed E-state index contributed by atoms with van der Waals surface area (Å²) in [4.78, 5) is 23.9. The van der Waals surface area contributed by atoms with Gasteiger partial charge in [0.1, 0.15) is 30.7 Å². The SMILES string of the molecule is COc1ccc(CN2C[C@@H]3NC(=O)c4ncccc4OCCn4cc(nn4)CO[C@H]3C2)cc1Cn1cncn1. The number of aromatic nitrogens is 7. The van der Waals surface area contributed by atoms with E-state index in [0.29, 0.717) is 51.7 Å². The molecule has 0 saturated carbocycles. The highest BCUT2D eigenvalue weighted by atomic mass is 16.5. The largest absolute Gasteiger partial charge is 0.496 e. The van der Waals surface area contributed by atoms with Gasteiger partial charge in [0.2, 0.25) is 0 Å². The Labute approximate surface area is 224 Å². The molecule has 2 bridgehead atoms. The summed E-state index contributed by atoms with van der Waals surface area (Å²) in [6.45, 7) is 3.59. The summed E-state index contributed by atoms with van der Waals surface area (Å²) in [6, 6.07) is 9.38. The zero-order valence-corrected chi connectivity index (χ0v) is 21.5. The Hall–Kier alpha value is -4.36. The minimum absolute atomic E-state index is 0.247. The second-order valence-electron chi connectivity index (χ2n) is 9.53. The van der Waals surface area contributed by atoms with Crippen LogP contribution in [0.5, 0.6) is 11.5 Å². The average molecular weight is 532 g/mol. The Morgan fingerprint density at radius 3 is 3.03 bits per heavy atom. The first kappa shape index (κ1) is 24.9. The number of ether oxygens (including phenoxy) is 3. The number of hydrogen-bond donors (Lipinski definition) is 1. The molecular formula is C26H29N9O4. The summed E-state index contributed by atoms with van der Waals surface area (Å²) in [6.07, 6.45) is 6.39. The van der Waals surface area contributed by atoms with E-state index in [1.54, 1.807) is 41.1 Å². The highest BCUT2D eigenvalue weighted by Crippen LogP contribution is 2.24. The Morgan fingerprint density at radius 1 is 1.21 bits per heavy atom. The molecule has 3 aromatic heterocycles. The summed E-state index contributed by atoms with van der Waals surface area (Å²) >= 11 is 0. The molecule has 6 rings (SSSR count). The highest BCUT2D eigenvalue weighted by Gasteiger charge is 2.36. The lowest BCUT2D eigenvalue weighted by atomic mass is 10.1. The fourth-order valence-electron chi connectivity index (χ4n) is 4.96. The number of hydrogen-bond acceptors (Lipinski definition) is 10. The molecule has 1 N–H and O–H groups in total. The van der Waals surface area contributed by atoms with Crippen LogP contribution in [-0.2, 0) is 31.0 Å². The van der Waals surface area contributed by atoms with Gasteiger partial charge in [-0.1, -0.05) is 11.3 Å². The lowest BCUT2D eigenvalue weighted by Crippen LogP contribution is -2.44. The van der Waals surface area contributed by atoms with E-state index in [4.69, 9.17) is 14.2 Å². The zero-order chi connectivity index (χ0) is 26.6. The lowest BCUT2D eigenvalue weighted by molar-refractivity contribution is 0.0292. The van der Waals surface area contributed by atoms with Gasteiger partial charge in [-0.2, -0.15) is 5.10 Å². The molecule has 1 amide bonds. The van der Waals surface area contributed by atoms with Crippen LogP contribution < -0.4 is 14.8 Å². The maximum absolute atomic E-state index is 13.3. The summed E-state index contributed by atoms with van der Waals surface area (Å²) in [5.41, 5.74) is 3.10. The van der Waals surface area contributed by atoms with Gasteiger partial charge in [-0.25, -0.2) is 19.3 Å². The van der Waals surface area contributed by atoms with E-state index in [-0.39, 0.29) is 23.7 Å². The highest BCUT2D eigenvalue weighted by molar-refractivity contribution is 5.95. The molecule has 5 heterocycles. The van der Waals surface area contributed by atoms with Crippen molar-refractivity contribution in [3.05, 3.63) is 77.9 Å². The van der Waals surface area contributed by atoms with Crippen LogP contribution in [0.4, 0.5) is 0 Å². The van der Waals surface area contributed by atoms with Gasteiger partial charge >= 0.3 is 0 Å². The van der Waals surface area contributed by atoms with Crippen molar-refractivity contribution in [3.8, 4) is 11.5 Å². The molecule has 2 atom stereocenters. The molecule has 39 heavy (non-hydrogen) atoms. The number of rotatable bonds is 5. The number of pyridine rings is 1. The van der Waals surface area contributed by atoms with Crippen molar-refractivity contribution >= 4 is 5.91 Å². The van der Waals surface area contributed by atoms with Crippen LogP contribution in [0.15, 0.2) is 55.4 Å². The third-order valence-corrected chi connectivity index (χ3v) is 6.80. The third kappa shape index (κ3) is 5.73. The van der Waals surface area contributed by atoms with Crippen LogP contribution in [0.1, 0.15) is 27.3 Å². The van der Waals surface area contributed by atoms with Crippen LogP contribution in [0.2, 0.25) is 0 Å². The standard InChI is InChI=1S/C26H29N9O4/c1-37-22-5-4-18(9-19(22)11-35-17-27-16-29-35)10-33-13-21-24(14-33)39-15-20-12-34(32-31-20)7-8-38-23-3-2-6-28-25(23)26(36)30-21/h2-6,9,12,16-17,21,24H,7-8,10-11,13-15H2,1H3,(H,30,36)/t21-,24-/m0/s1. The number of carbonyl (C=O) groups excluding carboxylic acids is 1. The van der Waals surface area contributed by atoms with Crippen molar-refractivity contribution in [1.29, 1.82) is 0 Å². The summed E-state index contributed by atoms with van der Waals surface area (Å²) in [5, 5.41) is 15.7. The number of nitrogens with zero attached hydrogens (tertiary/aromatic N) is 8. The van der Waals surface area contributed by atoms with Crippen LogP contribution >= 0.6 is 0 Å². The van der Waals surface area contributed by atoms with E-state index >= 15 is 0 Å². The first-order valence-corrected chi connectivity index (χ1v) is 12.7.